The first-order valence-corrected chi connectivity index (χ1v) is 6.08. The Morgan fingerprint density at radius 1 is 1.61 bits per heavy atom. The van der Waals surface area contributed by atoms with Crippen LogP contribution < -0.4 is 11.1 Å². The number of hydrogen-bond donors (Lipinski definition) is 3. The van der Waals surface area contributed by atoms with Crippen LogP contribution in [0.5, 0.6) is 5.75 Å². The molecule has 0 heterocycles. The molecule has 0 aliphatic rings. The summed E-state index contributed by atoms with van der Waals surface area (Å²) in [4.78, 5) is 3.85. The van der Waals surface area contributed by atoms with Crippen molar-refractivity contribution in [2.45, 2.75) is 13.5 Å². The number of benzene rings is 1. The van der Waals surface area contributed by atoms with Crippen LogP contribution in [0.4, 0.5) is 5.69 Å². The fourth-order valence-corrected chi connectivity index (χ4v) is 1.92. The predicted molar refractivity (Wildman–Crippen MR) is 77.8 cm³/mol. The van der Waals surface area contributed by atoms with Gasteiger partial charge in [0.05, 0.1) is 5.02 Å². The molecule has 98 valence electrons. The molecule has 0 radical (unpaired) electrons. The van der Waals surface area contributed by atoms with E-state index in [-0.39, 0.29) is 5.75 Å². The van der Waals surface area contributed by atoms with Crippen molar-refractivity contribution < 1.29 is 5.11 Å². The second-order valence-corrected chi connectivity index (χ2v) is 4.16. The first-order chi connectivity index (χ1) is 8.65. The van der Waals surface area contributed by atoms with Gasteiger partial charge in [-0.25, -0.2) is 0 Å². The number of phenolic OH excluding ortho intramolecular Hbond substituents is 1. The van der Waals surface area contributed by atoms with Gasteiger partial charge in [0.1, 0.15) is 11.4 Å². The summed E-state index contributed by atoms with van der Waals surface area (Å²) in [6, 6.07) is 1.73. The number of phenols is 1. The van der Waals surface area contributed by atoms with E-state index in [1.54, 1.807) is 12.1 Å². The summed E-state index contributed by atoms with van der Waals surface area (Å²) in [7, 11) is 0. The third-order valence-electron chi connectivity index (χ3n) is 2.47. The van der Waals surface area contributed by atoms with Crippen molar-refractivity contribution in [3.05, 3.63) is 28.3 Å². The number of rotatable bonds is 6. The van der Waals surface area contributed by atoms with Gasteiger partial charge in [0, 0.05) is 30.8 Å². The SMILES string of the molecule is C=Nc1c(O)c(CNCCN)cc(Cl)c1/C=C\C. The maximum Gasteiger partial charge on any atom is 0.146 e. The second kappa shape index (κ2) is 7.16. The zero-order valence-corrected chi connectivity index (χ0v) is 11.2. The lowest BCUT2D eigenvalue weighted by molar-refractivity contribution is 0.466. The van der Waals surface area contributed by atoms with Crippen LogP contribution in [0.1, 0.15) is 18.1 Å². The molecular formula is C13H18ClN3O. The molecule has 1 rings (SSSR count). The molecule has 1 aromatic rings. The normalized spacial score (nSPS) is 11.1. The molecule has 4 nitrogen and oxygen atoms in total. The summed E-state index contributed by atoms with van der Waals surface area (Å²) in [5.41, 5.74) is 7.16. The number of hydrogen-bond acceptors (Lipinski definition) is 4. The van der Waals surface area contributed by atoms with E-state index in [4.69, 9.17) is 17.3 Å². The quantitative estimate of drug-likeness (QED) is 0.548. The lowest BCUT2D eigenvalue weighted by Gasteiger charge is -2.12. The van der Waals surface area contributed by atoms with Crippen LogP contribution >= 0.6 is 11.6 Å². The Hall–Kier alpha value is -1.36. The van der Waals surface area contributed by atoms with Gasteiger partial charge >= 0.3 is 0 Å². The monoisotopic (exact) mass is 267 g/mol. The maximum atomic E-state index is 10.1. The van der Waals surface area contributed by atoms with Crippen molar-refractivity contribution in [2.24, 2.45) is 10.7 Å². The highest BCUT2D eigenvalue weighted by molar-refractivity contribution is 6.32. The number of nitrogens with one attached hydrogen (secondary N) is 1. The highest BCUT2D eigenvalue weighted by Gasteiger charge is 2.13. The lowest BCUT2D eigenvalue weighted by Crippen LogP contribution is -2.21. The van der Waals surface area contributed by atoms with E-state index in [1.165, 1.54) is 0 Å². The average molecular weight is 268 g/mol. The van der Waals surface area contributed by atoms with Crippen LogP contribution in [0.3, 0.4) is 0 Å². The zero-order chi connectivity index (χ0) is 13.5. The van der Waals surface area contributed by atoms with Crippen LogP contribution in [0.2, 0.25) is 5.02 Å². The maximum absolute atomic E-state index is 10.1. The van der Waals surface area contributed by atoms with Gasteiger partial charge in [-0.2, -0.15) is 0 Å². The number of aliphatic imine (C=N–C) groups is 1. The van der Waals surface area contributed by atoms with Crippen molar-refractivity contribution >= 4 is 30.1 Å². The standard InChI is InChI=1S/C13H18ClN3O/c1-3-4-10-11(14)7-9(8-17-6-5-15)13(18)12(10)16-2/h3-4,7,17-18H,2,5-6,8,15H2,1H3/b4-3-. The van der Waals surface area contributed by atoms with E-state index in [2.05, 4.69) is 17.0 Å². The number of allylic oxidation sites excluding steroid dienone is 1. The molecule has 0 fully saturated rings. The van der Waals surface area contributed by atoms with Gasteiger partial charge < -0.3 is 16.2 Å². The largest absolute Gasteiger partial charge is 0.505 e. The Kier molecular flexibility index (Phi) is 5.85. The minimum Gasteiger partial charge on any atom is -0.505 e. The summed E-state index contributed by atoms with van der Waals surface area (Å²) in [5, 5.41) is 13.8. The van der Waals surface area contributed by atoms with E-state index >= 15 is 0 Å². The number of aromatic hydroxyl groups is 1. The topological polar surface area (TPSA) is 70.6 Å². The summed E-state index contributed by atoms with van der Waals surface area (Å²) in [5.74, 6) is 0.104. The van der Waals surface area contributed by atoms with E-state index in [9.17, 15) is 5.11 Å². The number of nitrogens with zero attached hydrogens (tertiary/aromatic N) is 1. The van der Waals surface area contributed by atoms with Crippen LogP contribution in [-0.4, -0.2) is 24.9 Å². The van der Waals surface area contributed by atoms with Crippen molar-refractivity contribution in [3.8, 4) is 5.75 Å². The molecule has 0 aromatic heterocycles. The molecule has 0 aliphatic heterocycles. The molecule has 0 spiro atoms. The smallest absolute Gasteiger partial charge is 0.146 e. The zero-order valence-electron chi connectivity index (χ0n) is 10.4. The number of halogens is 1. The van der Waals surface area contributed by atoms with Crippen molar-refractivity contribution in [2.75, 3.05) is 13.1 Å². The fraction of sp³-hybridized carbons (Fsp3) is 0.308. The van der Waals surface area contributed by atoms with Gasteiger partial charge in [0.15, 0.2) is 0 Å². The molecule has 0 amide bonds. The third-order valence-corrected chi connectivity index (χ3v) is 2.78. The van der Waals surface area contributed by atoms with E-state index < -0.39 is 0 Å². The molecule has 0 saturated heterocycles. The summed E-state index contributed by atoms with van der Waals surface area (Å²) in [6.07, 6.45) is 3.63. The highest BCUT2D eigenvalue weighted by Crippen LogP contribution is 2.39. The van der Waals surface area contributed by atoms with Crippen LogP contribution in [0.15, 0.2) is 17.1 Å². The van der Waals surface area contributed by atoms with Gasteiger partial charge in [-0.3, -0.25) is 4.99 Å². The summed E-state index contributed by atoms with van der Waals surface area (Å²) >= 11 is 6.17. The predicted octanol–water partition coefficient (Wildman–Crippen LogP) is 2.46. The molecule has 0 bridgehead atoms. The van der Waals surface area contributed by atoms with Gasteiger partial charge in [-0.15, -0.1) is 0 Å². The minimum atomic E-state index is 0.104. The molecule has 18 heavy (non-hydrogen) atoms. The molecule has 0 aliphatic carbocycles. The first-order valence-electron chi connectivity index (χ1n) is 5.70. The van der Waals surface area contributed by atoms with E-state index in [0.717, 1.165) is 0 Å². The molecule has 4 N–H and O–H groups in total. The molecule has 5 heteroatoms. The van der Waals surface area contributed by atoms with Crippen molar-refractivity contribution in [1.29, 1.82) is 0 Å². The third kappa shape index (κ3) is 3.32. The average Bonchev–Trinajstić information content (AvgIpc) is 2.36. The van der Waals surface area contributed by atoms with Crippen LogP contribution in [-0.2, 0) is 6.54 Å². The minimum absolute atomic E-state index is 0.104. The Morgan fingerprint density at radius 2 is 2.33 bits per heavy atom. The van der Waals surface area contributed by atoms with Gasteiger partial charge in [0.25, 0.3) is 0 Å². The summed E-state index contributed by atoms with van der Waals surface area (Å²) < 4.78 is 0. The van der Waals surface area contributed by atoms with Crippen LogP contribution in [0.25, 0.3) is 6.08 Å². The van der Waals surface area contributed by atoms with E-state index in [1.807, 2.05) is 13.0 Å². The Balaban J connectivity index is 3.15. The van der Waals surface area contributed by atoms with Gasteiger partial charge in [0.2, 0.25) is 0 Å². The molecule has 1 aromatic carbocycles. The van der Waals surface area contributed by atoms with E-state index in [0.29, 0.717) is 41.5 Å². The van der Waals surface area contributed by atoms with Crippen LogP contribution in [0, 0.1) is 0 Å². The van der Waals surface area contributed by atoms with Gasteiger partial charge in [-0.1, -0.05) is 23.8 Å². The second-order valence-electron chi connectivity index (χ2n) is 3.75. The molecule has 0 atom stereocenters. The van der Waals surface area contributed by atoms with Gasteiger partial charge in [-0.05, 0) is 19.7 Å². The fourth-order valence-electron chi connectivity index (χ4n) is 1.64. The van der Waals surface area contributed by atoms with Crippen molar-refractivity contribution in [1.82, 2.24) is 5.32 Å². The summed E-state index contributed by atoms with van der Waals surface area (Å²) in [6.45, 7) is 7.04. The lowest BCUT2D eigenvalue weighted by atomic mass is 10.1. The molecular weight excluding hydrogens is 250 g/mol. The Morgan fingerprint density at radius 3 is 2.89 bits per heavy atom. The highest BCUT2D eigenvalue weighted by atomic mass is 35.5. The Labute approximate surface area is 112 Å². The molecule has 0 saturated carbocycles. The first kappa shape index (κ1) is 14.7. The number of nitrogens with two attached hydrogens (primary N) is 1. The Bertz CT molecular complexity index is 458. The molecule has 0 unspecified atom stereocenters. The van der Waals surface area contributed by atoms with Crippen molar-refractivity contribution in [3.63, 3.8) is 0 Å².